The van der Waals surface area contributed by atoms with Crippen LogP contribution in [0, 0.1) is 6.92 Å². The van der Waals surface area contributed by atoms with Crippen molar-refractivity contribution < 1.29 is 4.79 Å². The number of nitrogens with zero attached hydrogens (tertiary/aromatic N) is 3. The number of para-hydroxylation sites is 1. The summed E-state index contributed by atoms with van der Waals surface area (Å²) in [5.41, 5.74) is 2.35. The van der Waals surface area contributed by atoms with Crippen LogP contribution in [0.3, 0.4) is 0 Å². The summed E-state index contributed by atoms with van der Waals surface area (Å²) in [4.78, 5) is 22.9. The third kappa shape index (κ3) is 4.93. The van der Waals surface area contributed by atoms with E-state index >= 15 is 0 Å². The van der Waals surface area contributed by atoms with Crippen molar-refractivity contribution in [2.24, 2.45) is 0 Å². The number of aromatic nitrogens is 1. The van der Waals surface area contributed by atoms with E-state index in [-0.39, 0.29) is 5.91 Å². The number of carbonyl (C=O) groups excluding carboxylic acids is 1. The Kier molecular flexibility index (Phi) is 6.29. The lowest BCUT2D eigenvalue weighted by Gasteiger charge is -2.34. The molecule has 0 N–H and O–H groups in total. The smallest absolute Gasteiger partial charge is 0.223 e. The number of aryl methyl sites for hydroxylation is 1. The van der Waals surface area contributed by atoms with Gasteiger partial charge < -0.3 is 4.90 Å². The van der Waals surface area contributed by atoms with Crippen LogP contribution in [0.2, 0.25) is 0 Å². The number of thioether (sulfide) groups is 1. The number of benzene rings is 2. The minimum atomic E-state index is 0.277. The van der Waals surface area contributed by atoms with E-state index in [1.54, 1.807) is 23.1 Å². The number of piperazine rings is 1. The lowest BCUT2D eigenvalue weighted by Crippen LogP contribution is -2.48. The Hall–Kier alpha value is -1.89. The van der Waals surface area contributed by atoms with Gasteiger partial charge in [0.15, 0.2) is 0 Å². The Morgan fingerprint density at radius 3 is 2.57 bits per heavy atom. The molecule has 4 rings (SSSR count). The summed E-state index contributed by atoms with van der Waals surface area (Å²) in [5, 5.41) is 1.16. The van der Waals surface area contributed by atoms with Crippen LogP contribution in [-0.2, 0) is 11.3 Å². The van der Waals surface area contributed by atoms with Crippen molar-refractivity contribution in [2.45, 2.75) is 24.8 Å². The fourth-order valence-electron chi connectivity index (χ4n) is 3.38. The first-order valence-corrected chi connectivity index (χ1v) is 11.5. The van der Waals surface area contributed by atoms with Crippen molar-refractivity contribution >= 4 is 39.2 Å². The second-order valence-electron chi connectivity index (χ2n) is 7.14. The summed E-state index contributed by atoms with van der Waals surface area (Å²) < 4.78 is 1.25. The van der Waals surface area contributed by atoms with Gasteiger partial charge in [0.25, 0.3) is 0 Å². The zero-order valence-electron chi connectivity index (χ0n) is 16.1. The largest absolute Gasteiger partial charge is 0.340 e. The van der Waals surface area contributed by atoms with E-state index in [0.717, 1.165) is 49.0 Å². The third-order valence-corrected chi connectivity index (χ3v) is 7.06. The zero-order chi connectivity index (χ0) is 19.3. The Morgan fingerprint density at radius 1 is 1.07 bits per heavy atom. The van der Waals surface area contributed by atoms with Gasteiger partial charge in [-0.3, -0.25) is 9.69 Å². The first-order chi connectivity index (χ1) is 13.7. The fourth-order valence-corrected chi connectivity index (χ4v) is 5.23. The molecule has 146 valence electrons. The molecule has 2 heterocycles. The Bertz CT molecular complexity index is 897. The van der Waals surface area contributed by atoms with Crippen molar-refractivity contribution in [3.8, 4) is 0 Å². The highest BCUT2D eigenvalue weighted by Gasteiger charge is 2.21. The number of rotatable bonds is 6. The van der Waals surface area contributed by atoms with Crippen LogP contribution < -0.4 is 0 Å². The van der Waals surface area contributed by atoms with E-state index in [4.69, 9.17) is 4.98 Å². The first kappa shape index (κ1) is 19.4. The molecule has 1 aliphatic rings. The molecule has 1 amide bonds. The van der Waals surface area contributed by atoms with Crippen LogP contribution in [0.25, 0.3) is 10.2 Å². The normalized spacial score (nSPS) is 15.2. The van der Waals surface area contributed by atoms with Gasteiger partial charge >= 0.3 is 0 Å². The van der Waals surface area contributed by atoms with E-state index in [1.165, 1.54) is 15.2 Å². The van der Waals surface area contributed by atoms with E-state index in [1.807, 2.05) is 11.0 Å². The zero-order valence-corrected chi connectivity index (χ0v) is 17.8. The van der Waals surface area contributed by atoms with Crippen LogP contribution in [0.1, 0.15) is 17.0 Å². The molecular formula is C22H25N3OS2. The number of amides is 1. The van der Waals surface area contributed by atoms with Crippen molar-refractivity contribution in [3.05, 3.63) is 59.1 Å². The highest BCUT2D eigenvalue weighted by Crippen LogP contribution is 2.23. The average Bonchev–Trinajstić information content (AvgIpc) is 3.12. The Balaban J connectivity index is 1.21. The van der Waals surface area contributed by atoms with Gasteiger partial charge in [-0.2, -0.15) is 0 Å². The predicted molar refractivity (Wildman–Crippen MR) is 118 cm³/mol. The quantitative estimate of drug-likeness (QED) is 0.562. The molecule has 0 atom stereocenters. The first-order valence-electron chi connectivity index (χ1n) is 9.71. The highest BCUT2D eigenvalue weighted by molar-refractivity contribution is 7.99. The molecule has 0 bridgehead atoms. The van der Waals surface area contributed by atoms with Gasteiger partial charge in [-0.25, -0.2) is 4.98 Å². The molecule has 1 aliphatic heterocycles. The molecule has 6 heteroatoms. The number of fused-ring (bicyclic) bond motifs is 1. The summed E-state index contributed by atoms with van der Waals surface area (Å²) in [7, 11) is 0. The summed E-state index contributed by atoms with van der Waals surface area (Å²) in [6, 6.07) is 16.8. The standard InChI is InChI=1S/C22H25N3OS2/c1-17-6-8-18(9-7-17)27-15-10-22(26)25-13-11-24(12-14-25)16-21-23-19-4-2-3-5-20(19)28-21/h2-9H,10-16H2,1H3. The van der Waals surface area contributed by atoms with Gasteiger partial charge in [-0.15, -0.1) is 23.1 Å². The number of hydrogen-bond acceptors (Lipinski definition) is 5. The Morgan fingerprint density at radius 2 is 1.82 bits per heavy atom. The van der Waals surface area contributed by atoms with Crippen LogP contribution in [0.5, 0.6) is 0 Å². The summed E-state index contributed by atoms with van der Waals surface area (Å²) in [5.74, 6) is 1.12. The lowest BCUT2D eigenvalue weighted by molar-refractivity contribution is -0.132. The SMILES string of the molecule is Cc1ccc(SCCC(=O)N2CCN(Cc3nc4ccccc4s3)CC2)cc1. The molecule has 2 aromatic carbocycles. The molecule has 0 unspecified atom stereocenters. The molecule has 4 nitrogen and oxygen atoms in total. The van der Waals surface area contributed by atoms with Gasteiger partial charge in [0.2, 0.25) is 5.91 Å². The average molecular weight is 412 g/mol. The molecular weight excluding hydrogens is 386 g/mol. The van der Waals surface area contributed by atoms with Gasteiger partial charge in [-0.05, 0) is 31.2 Å². The number of carbonyl (C=O) groups is 1. The van der Waals surface area contributed by atoms with Crippen molar-refractivity contribution in [2.75, 3.05) is 31.9 Å². The lowest BCUT2D eigenvalue weighted by atomic mass is 10.2. The monoisotopic (exact) mass is 411 g/mol. The van der Waals surface area contributed by atoms with Gasteiger partial charge in [0.05, 0.1) is 16.8 Å². The second-order valence-corrected chi connectivity index (χ2v) is 9.43. The highest BCUT2D eigenvalue weighted by atomic mass is 32.2. The molecule has 0 spiro atoms. The summed E-state index contributed by atoms with van der Waals surface area (Å²) >= 11 is 3.53. The topological polar surface area (TPSA) is 36.4 Å². The van der Waals surface area contributed by atoms with E-state index in [9.17, 15) is 4.79 Å². The predicted octanol–water partition coefficient (Wildman–Crippen LogP) is 4.43. The van der Waals surface area contributed by atoms with Gasteiger partial charge in [-0.1, -0.05) is 29.8 Å². The minimum Gasteiger partial charge on any atom is -0.340 e. The van der Waals surface area contributed by atoms with Crippen LogP contribution >= 0.6 is 23.1 Å². The number of hydrogen-bond donors (Lipinski definition) is 0. The van der Waals surface area contributed by atoms with Crippen LogP contribution in [0.4, 0.5) is 0 Å². The molecule has 0 saturated carbocycles. The molecule has 1 aromatic heterocycles. The second kappa shape index (κ2) is 9.07. The molecule has 1 saturated heterocycles. The molecule has 1 fully saturated rings. The summed E-state index contributed by atoms with van der Waals surface area (Å²) in [6.45, 7) is 6.45. The maximum Gasteiger partial charge on any atom is 0.223 e. The third-order valence-electron chi connectivity index (χ3n) is 5.03. The maximum atomic E-state index is 12.5. The molecule has 3 aromatic rings. The van der Waals surface area contributed by atoms with E-state index < -0.39 is 0 Å². The van der Waals surface area contributed by atoms with E-state index in [0.29, 0.717) is 6.42 Å². The van der Waals surface area contributed by atoms with Crippen molar-refractivity contribution in [1.82, 2.24) is 14.8 Å². The van der Waals surface area contributed by atoms with Crippen LogP contribution in [-0.4, -0.2) is 52.6 Å². The fraction of sp³-hybridized carbons (Fsp3) is 0.364. The van der Waals surface area contributed by atoms with E-state index in [2.05, 4.69) is 54.3 Å². The maximum absolute atomic E-state index is 12.5. The van der Waals surface area contributed by atoms with Gasteiger partial charge in [0, 0.05) is 43.2 Å². The van der Waals surface area contributed by atoms with Crippen LogP contribution in [0.15, 0.2) is 53.4 Å². The molecule has 0 aliphatic carbocycles. The Labute approximate surface area is 174 Å². The van der Waals surface area contributed by atoms with Crippen molar-refractivity contribution in [3.63, 3.8) is 0 Å². The minimum absolute atomic E-state index is 0.277. The van der Waals surface area contributed by atoms with Gasteiger partial charge in [0.1, 0.15) is 5.01 Å². The summed E-state index contributed by atoms with van der Waals surface area (Å²) in [6.07, 6.45) is 0.608. The van der Waals surface area contributed by atoms with Crippen molar-refractivity contribution in [1.29, 1.82) is 0 Å². The molecule has 0 radical (unpaired) electrons. The number of thiazole rings is 1. The molecule has 28 heavy (non-hydrogen) atoms.